The summed E-state index contributed by atoms with van der Waals surface area (Å²) in [5.74, 6) is -1.02. The van der Waals surface area contributed by atoms with Crippen LogP contribution in [0.25, 0.3) is 5.00 Å². The Morgan fingerprint density at radius 3 is 2.54 bits per heavy atom. The molecule has 0 radical (unpaired) electrons. The van der Waals surface area contributed by atoms with Crippen LogP contribution in [0.5, 0.6) is 0 Å². The zero-order chi connectivity index (χ0) is 35.3. The first-order valence-electron chi connectivity index (χ1n) is 15.9. The van der Waals surface area contributed by atoms with Gasteiger partial charge in [0.05, 0.1) is 18.7 Å². The molecule has 2 aromatic carbocycles. The van der Waals surface area contributed by atoms with Crippen LogP contribution in [0.15, 0.2) is 47.5 Å². The highest BCUT2D eigenvalue weighted by Gasteiger charge is 2.40. The molecule has 0 spiro atoms. The molecular weight excluding hydrogens is 682 g/mol. The molecule has 5 amide bonds. The molecule has 14 nitrogen and oxygen atoms in total. The fourth-order valence-electron chi connectivity index (χ4n) is 6.47. The van der Waals surface area contributed by atoms with Gasteiger partial charge in [0.25, 0.3) is 11.8 Å². The number of aliphatic imine (C=N–C) groups is 1. The standard InChI is InChI=1S/C34H32ClN9O5S/c1-16-17(2)50-34-29(16)30(19-7-9-20(35)10-8-19)37-24(31-42-39-18(3)44(31)34)13-27(46)40-41-28(47)14-36-23-6-4-5-21-22(23)15-43(33(21)49)25-11-12-26(45)38-32(25)48/h4-10,24-25,36H,11-15H2,1-3H3,(H,40,46)(H,41,47)(H,38,45,48)/t24-,25?/m0/s1. The number of benzene rings is 2. The Labute approximate surface area is 295 Å². The molecule has 4 N–H and O–H groups in total. The van der Waals surface area contributed by atoms with Crippen molar-refractivity contribution in [2.45, 2.75) is 58.7 Å². The number of thiophene rings is 1. The molecule has 3 aliphatic heterocycles. The Morgan fingerprint density at radius 1 is 1.02 bits per heavy atom. The number of carbonyl (C=O) groups is 5. The average Bonchev–Trinajstić information content (AvgIpc) is 3.70. The lowest BCUT2D eigenvalue weighted by Gasteiger charge is -2.29. The minimum absolute atomic E-state index is 0.125. The van der Waals surface area contributed by atoms with E-state index in [4.69, 9.17) is 16.6 Å². The summed E-state index contributed by atoms with van der Waals surface area (Å²) in [4.78, 5) is 70.9. The van der Waals surface area contributed by atoms with Gasteiger partial charge in [-0.05, 0) is 57.0 Å². The predicted octanol–water partition coefficient (Wildman–Crippen LogP) is 3.21. The van der Waals surface area contributed by atoms with E-state index >= 15 is 0 Å². The van der Waals surface area contributed by atoms with Crippen LogP contribution in [-0.4, -0.2) is 67.5 Å². The summed E-state index contributed by atoms with van der Waals surface area (Å²) in [6, 6.07) is 11.0. The molecule has 0 bridgehead atoms. The SMILES string of the molecule is Cc1sc2c(c1C)C(c1ccc(Cl)cc1)=N[C@@H](CC(=O)NNC(=O)CNc1cccc3c1CN(C1CCC(=O)NC1=O)C3=O)c1nnc(C)n1-2. The summed E-state index contributed by atoms with van der Waals surface area (Å²) >= 11 is 7.80. The van der Waals surface area contributed by atoms with Crippen LogP contribution in [0.2, 0.25) is 5.02 Å². The summed E-state index contributed by atoms with van der Waals surface area (Å²) in [6.45, 7) is 5.89. The number of aryl methyl sites for hydroxylation is 2. The second-order valence-corrected chi connectivity index (χ2v) is 13.9. The van der Waals surface area contributed by atoms with Gasteiger partial charge < -0.3 is 10.2 Å². The van der Waals surface area contributed by atoms with E-state index in [0.29, 0.717) is 39.2 Å². The number of hydrogen-bond acceptors (Lipinski definition) is 10. The normalized spacial score (nSPS) is 18.0. The zero-order valence-electron chi connectivity index (χ0n) is 27.3. The van der Waals surface area contributed by atoms with Crippen molar-refractivity contribution in [3.63, 3.8) is 0 Å². The number of hydrazine groups is 1. The molecule has 50 heavy (non-hydrogen) atoms. The molecule has 1 fully saturated rings. The number of hydrogen-bond donors (Lipinski definition) is 4. The molecular formula is C34H32ClN9O5S. The zero-order valence-corrected chi connectivity index (χ0v) is 28.9. The minimum Gasteiger partial charge on any atom is -0.376 e. The van der Waals surface area contributed by atoms with Gasteiger partial charge >= 0.3 is 0 Å². The number of halogens is 1. The highest BCUT2D eigenvalue weighted by molar-refractivity contribution is 7.15. The predicted molar refractivity (Wildman–Crippen MR) is 185 cm³/mol. The van der Waals surface area contributed by atoms with E-state index in [0.717, 1.165) is 26.6 Å². The maximum absolute atomic E-state index is 13.3. The Kier molecular flexibility index (Phi) is 8.70. The number of carbonyl (C=O) groups excluding carboxylic acids is 5. The van der Waals surface area contributed by atoms with Gasteiger partial charge in [-0.25, -0.2) is 0 Å². The third-order valence-electron chi connectivity index (χ3n) is 9.10. The first-order valence-corrected chi connectivity index (χ1v) is 17.1. The molecule has 1 unspecified atom stereocenters. The van der Waals surface area contributed by atoms with Crippen molar-refractivity contribution in [2.75, 3.05) is 11.9 Å². The second kappa shape index (κ2) is 13.1. The van der Waals surface area contributed by atoms with Gasteiger partial charge in [-0.15, -0.1) is 21.5 Å². The van der Waals surface area contributed by atoms with E-state index in [9.17, 15) is 24.0 Å². The molecule has 3 aliphatic rings. The van der Waals surface area contributed by atoms with E-state index in [1.54, 1.807) is 41.7 Å². The number of anilines is 1. The lowest BCUT2D eigenvalue weighted by molar-refractivity contribution is -0.137. The molecule has 16 heteroatoms. The lowest BCUT2D eigenvalue weighted by Crippen LogP contribution is -2.52. The van der Waals surface area contributed by atoms with E-state index in [1.807, 2.05) is 30.5 Å². The number of nitrogens with zero attached hydrogens (tertiary/aromatic N) is 5. The van der Waals surface area contributed by atoms with Gasteiger partial charge in [0.2, 0.25) is 17.7 Å². The number of amides is 5. The van der Waals surface area contributed by atoms with Crippen molar-refractivity contribution in [3.05, 3.63) is 91.8 Å². The molecule has 2 atom stereocenters. The van der Waals surface area contributed by atoms with Crippen LogP contribution >= 0.6 is 22.9 Å². The molecule has 5 heterocycles. The van der Waals surface area contributed by atoms with Crippen molar-refractivity contribution >= 4 is 63.9 Å². The van der Waals surface area contributed by atoms with Crippen molar-refractivity contribution in [2.24, 2.45) is 4.99 Å². The van der Waals surface area contributed by atoms with Crippen LogP contribution in [0, 0.1) is 20.8 Å². The van der Waals surface area contributed by atoms with E-state index in [1.165, 1.54) is 4.90 Å². The largest absolute Gasteiger partial charge is 0.376 e. The summed E-state index contributed by atoms with van der Waals surface area (Å²) < 4.78 is 1.94. The maximum atomic E-state index is 13.3. The van der Waals surface area contributed by atoms with Crippen LogP contribution in [0.1, 0.15) is 74.4 Å². The van der Waals surface area contributed by atoms with Gasteiger partial charge in [-0.2, -0.15) is 0 Å². The first kappa shape index (κ1) is 33.1. The molecule has 7 rings (SSSR count). The van der Waals surface area contributed by atoms with Crippen molar-refractivity contribution < 1.29 is 24.0 Å². The second-order valence-electron chi connectivity index (χ2n) is 12.3. The summed E-state index contributed by atoms with van der Waals surface area (Å²) in [6.07, 6.45) is 0.273. The molecule has 256 valence electrons. The molecule has 1 saturated heterocycles. The Balaban J connectivity index is 1.03. The third-order valence-corrected chi connectivity index (χ3v) is 10.5. The number of piperidine rings is 1. The van der Waals surface area contributed by atoms with Gasteiger partial charge in [0, 0.05) is 50.8 Å². The van der Waals surface area contributed by atoms with E-state index in [-0.39, 0.29) is 44.2 Å². The molecule has 0 saturated carbocycles. The average molecular weight is 714 g/mol. The minimum atomic E-state index is -0.753. The van der Waals surface area contributed by atoms with Crippen molar-refractivity contribution in [1.82, 2.24) is 35.8 Å². The first-order chi connectivity index (χ1) is 24.0. The molecule has 4 aromatic rings. The third kappa shape index (κ3) is 6.02. The van der Waals surface area contributed by atoms with Crippen LogP contribution in [-0.2, 0) is 25.7 Å². The highest BCUT2D eigenvalue weighted by atomic mass is 35.5. The molecule has 2 aromatic heterocycles. The highest BCUT2D eigenvalue weighted by Crippen LogP contribution is 2.39. The van der Waals surface area contributed by atoms with Gasteiger partial charge in [0.15, 0.2) is 5.82 Å². The fraction of sp³-hybridized carbons (Fsp3) is 0.294. The summed E-state index contributed by atoms with van der Waals surface area (Å²) in [5.41, 5.74) is 10.1. The number of aromatic nitrogens is 3. The van der Waals surface area contributed by atoms with Crippen LogP contribution < -0.4 is 21.5 Å². The number of imide groups is 1. The maximum Gasteiger partial charge on any atom is 0.257 e. The molecule has 0 aliphatic carbocycles. The van der Waals surface area contributed by atoms with Crippen LogP contribution in [0.4, 0.5) is 5.69 Å². The monoisotopic (exact) mass is 713 g/mol. The quantitative estimate of drug-likeness (QED) is 0.167. The van der Waals surface area contributed by atoms with Gasteiger partial charge in [-0.3, -0.25) is 49.7 Å². The lowest BCUT2D eigenvalue weighted by atomic mass is 9.99. The smallest absolute Gasteiger partial charge is 0.257 e. The summed E-state index contributed by atoms with van der Waals surface area (Å²) in [5, 5.41) is 15.6. The van der Waals surface area contributed by atoms with E-state index < -0.39 is 29.8 Å². The van der Waals surface area contributed by atoms with Gasteiger partial charge in [0.1, 0.15) is 22.9 Å². The Morgan fingerprint density at radius 2 is 1.78 bits per heavy atom. The van der Waals surface area contributed by atoms with Crippen LogP contribution in [0.3, 0.4) is 0 Å². The number of rotatable bonds is 7. The van der Waals surface area contributed by atoms with Gasteiger partial charge in [-0.1, -0.05) is 29.8 Å². The number of fused-ring (bicyclic) bond motifs is 4. The fourth-order valence-corrected chi connectivity index (χ4v) is 7.81. The number of nitrogens with one attached hydrogen (secondary N) is 4. The van der Waals surface area contributed by atoms with E-state index in [2.05, 4.69) is 38.6 Å². The summed E-state index contributed by atoms with van der Waals surface area (Å²) in [7, 11) is 0. The van der Waals surface area contributed by atoms with Crippen molar-refractivity contribution in [3.8, 4) is 5.00 Å². The topological polar surface area (TPSA) is 180 Å². The van der Waals surface area contributed by atoms with Crippen molar-refractivity contribution in [1.29, 1.82) is 0 Å². The Hall–Kier alpha value is -5.41. The Bertz CT molecular complexity index is 2120.